The van der Waals surface area contributed by atoms with Gasteiger partial charge in [0.2, 0.25) is 0 Å². The quantitative estimate of drug-likeness (QED) is 0.601. The van der Waals surface area contributed by atoms with Gasteiger partial charge in [-0.3, -0.25) is 4.79 Å². The van der Waals surface area contributed by atoms with Crippen molar-refractivity contribution in [3.63, 3.8) is 0 Å². The third kappa shape index (κ3) is 2.26. The average Bonchev–Trinajstić information content (AvgIpc) is 2.17. The molecule has 0 unspecified atom stereocenters. The highest BCUT2D eigenvalue weighted by Crippen LogP contribution is 2.24. The molecule has 0 saturated carbocycles. The third-order valence-electron chi connectivity index (χ3n) is 1.94. The number of hydrogen-bond donors (Lipinski definition) is 1. The van der Waals surface area contributed by atoms with Crippen molar-refractivity contribution in [2.75, 3.05) is 12.3 Å². The molecule has 0 aromatic heterocycles. The summed E-state index contributed by atoms with van der Waals surface area (Å²) in [4.78, 5) is 11.3. The summed E-state index contributed by atoms with van der Waals surface area (Å²) in [5.41, 5.74) is 6.44. The SMILES string of the molecule is CCOc1cc(N)c(C#N)c(C(C)=O)c1. The largest absolute Gasteiger partial charge is 0.494 e. The molecular weight excluding hydrogens is 192 g/mol. The molecule has 4 heteroatoms. The maximum absolute atomic E-state index is 11.3. The van der Waals surface area contributed by atoms with E-state index in [2.05, 4.69) is 0 Å². The van der Waals surface area contributed by atoms with Crippen LogP contribution in [0, 0.1) is 11.3 Å². The van der Waals surface area contributed by atoms with E-state index in [1.807, 2.05) is 13.0 Å². The zero-order valence-electron chi connectivity index (χ0n) is 8.70. The molecule has 0 aliphatic heterocycles. The number of anilines is 1. The molecule has 0 spiro atoms. The Morgan fingerprint density at radius 1 is 1.60 bits per heavy atom. The molecule has 1 rings (SSSR count). The number of nitrogen functional groups attached to an aromatic ring is 1. The Labute approximate surface area is 88.3 Å². The van der Waals surface area contributed by atoms with Gasteiger partial charge in [0.25, 0.3) is 0 Å². The molecule has 0 aliphatic rings. The van der Waals surface area contributed by atoms with Gasteiger partial charge in [0.15, 0.2) is 5.78 Å². The van der Waals surface area contributed by atoms with E-state index in [1.54, 1.807) is 12.1 Å². The monoisotopic (exact) mass is 204 g/mol. The van der Waals surface area contributed by atoms with Crippen molar-refractivity contribution >= 4 is 11.5 Å². The van der Waals surface area contributed by atoms with Crippen LogP contribution in [0.1, 0.15) is 29.8 Å². The summed E-state index contributed by atoms with van der Waals surface area (Å²) in [5, 5.41) is 8.85. The topological polar surface area (TPSA) is 76.1 Å². The minimum atomic E-state index is -0.195. The normalized spacial score (nSPS) is 9.40. The summed E-state index contributed by atoms with van der Waals surface area (Å²) < 4.78 is 5.24. The summed E-state index contributed by atoms with van der Waals surface area (Å²) in [6.07, 6.45) is 0. The van der Waals surface area contributed by atoms with Crippen LogP contribution in [0.5, 0.6) is 5.75 Å². The van der Waals surface area contributed by atoms with Crippen LogP contribution in [0.15, 0.2) is 12.1 Å². The molecule has 1 aromatic carbocycles. The number of carbonyl (C=O) groups is 1. The Kier molecular flexibility index (Phi) is 3.29. The Balaban J connectivity index is 3.33. The van der Waals surface area contributed by atoms with Gasteiger partial charge in [0.05, 0.1) is 17.9 Å². The molecule has 0 bridgehead atoms. The minimum Gasteiger partial charge on any atom is -0.494 e. The van der Waals surface area contributed by atoms with E-state index in [0.717, 1.165) is 0 Å². The first-order chi connectivity index (χ1) is 7.10. The van der Waals surface area contributed by atoms with Crippen LogP contribution in [0.2, 0.25) is 0 Å². The number of rotatable bonds is 3. The van der Waals surface area contributed by atoms with Crippen molar-refractivity contribution in [1.82, 2.24) is 0 Å². The molecule has 0 radical (unpaired) electrons. The van der Waals surface area contributed by atoms with E-state index < -0.39 is 0 Å². The molecule has 0 amide bonds. The summed E-state index contributed by atoms with van der Waals surface area (Å²) in [5.74, 6) is 0.319. The van der Waals surface area contributed by atoms with Crippen molar-refractivity contribution < 1.29 is 9.53 Å². The number of Topliss-reactive ketones (excluding diaryl/α,β-unsaturated/α-hetero) is 1. The van der Waals surface area contributed by atoms with Gasteiger partial charge in [0.1, 0.15) is 11.8 Å². The van der Waals surface area contributed by atoms with Crippen molar-refractivity contribution in [2.24, 2.45) is 0 Å². The molecular formula is C11H12N2O2. The second kappa shape index (κ2) is 4.47. The number of ketones is 1. The first-order valence-electron chi connectivity index (χ1n) is 4.57. The van der Waals surface area contributed by atoms with Crippen LogP contribution in [-0.2, 0) is 0 Å². The van der Waals surface area contributed by atoms with Crippen molar-refractivity contribution in [3.05, 3.63) is 23.3 Å². The number of hydrogen-bond acceptors (Lipinski definition) is 4. The van der Waals surface area contributed by atoms with Crippen molar-refractivity contribution in [3.8, 4) is 11.8 Å². The number of ether oxygens (including phenoxy) is 1. The van der Waals surface area contributed by atoms with E-state index >= 15 is 0 Å². The summed E-state index contributed by atoms with van der Waals surface area (Å²) in [7, 11) is 0. The maximum Gasteiger partial charge on any atom is 0.161 e. The lowest BCUT2D eigenvalue weighted by Gasteiger charge is -2.08. The van der Waals surface area contributed by atoms with Crippen LogP contribution in [0.25, 0.3) is 0 Å². The minimum absolute atomic E-state index is 0.195. The molecule has 4 nitrogen and oxygen atoms in total. The molecule has 2 N–H and O–H groups in total. The number of benzene rings is 1. The van der Waals surface area contributed by atoms with Gasteiger partial charge in [0, 0.05) is 11.6 Å². The summed E-state index contributed by atoms with van der Waals surface area (Å²) in [6.45, 7) is 3.72. The second-order valence-electron chi connectivity index (χ2n) is 3.04. The standard InChI is InChI=1S/C11H12N2O2/c1-3-15-8-4-9(7(2)14)10(6-12)11(13)5-8/h4-5H,3,13H2,1-2H3. The van der Waals surface area contributed by atoms with E-state index in [0.29, 0.717) is 17.9 Å². The van der Waals surface area contributed by atoms with Gasteiger partial charge < -0.3 is 10.5 Å². The lowest BCUT2D eigenvalue weighted by Crippen LogP contribution is -2.03. The van der Waals surface area contributed by atoms with Crippen LogP contribution in [-0.4, -0.2) is 12.4 Å². The van der Waals surface area contributed by atoms with Gasteiger partial charge >= 0.3 is 0 Å². The predicted octanol–water partition coefficient (Wildman–Crippen LogP) is 1.74. The predicted molar refractivity (Wildman–Crippen MR) is 56.7 cm³/mol. The molecule has 78 valence electrons. The fourth-order valence-electron chi connectivity index (χ4n) is 1.29. The number of nitrogens with zero attached hydrogens (tertiary/aromatic N) is 1. The van der Waals surface area contributed by atoms with Crippen molar-refractivity contribution in [1.29, 1.82) is 5.26 Å². The lowest BCUT2D eigenvalue weighted by atomic mass is 10.0. The molecule has 15 heavy (non-hydrogen) atoms. The molecule has 0 heterocycles. The van der Waals surface area contributed by atoms with Crippen LogP contribution in [0.3, 0.4) is 0 Å². The van der Waals surface area contributed by atoms with Gasteiger partial charge in [-0.25, -0.2) is 0 Å². The average molecular weight is 204 g/mol. The zero-order valence-corrected chi connectivity index (χ0v) is 8.70. The van der Waals surface area contributed by atoms with Crippen LogP contribution < -0.4 is 10.5 Å². The highest BCUT2D eigenvalue weighted by atomic mass is 16.5. The number of nitrogens with two attached hydrogens (primary N) is 1. The Bertz CT molecular complexity index is 433. The molecule has 0 atom stereocenters. The molecule has 1 aromatic rings. The third-order valence-corrected chi connectivity index (χ3v) is 1.94. The lowest BCUT2D eigenvalue weighted by molar-refractivity contribution is 0.101. The first kappa shape index (κ1) is 11.1. The first-order valence-corrected chi connectivity index (χ1v) is 4.57. The highest BCUT2D eigenvalue weighted by molar-refractivity contribution is 5.98. The van der Waals surface area contributed by atoms with E-state index in [9.17, 15) is 4.79 Å². The van der Waals surface area contributed by atoms with Gasteiger partial charge in [-0.05, 0) is 19.9 Å². The van der Waals surface area contributed by atoms with E-state index in [1.165, 1.54) is 6.92 Å². The maximum atomic E-state index is 11.3. The number of carbonyl (C=O) groups excluding carboxylic acids is 1. The fourth-order valence-corrected chi connectivity index (χ4v) is 1.29. The Hall–Kier alpha value is -2.02. The van der Waals surface area contributed by atoms with Gasteiger partial charge in [-0.2, -0.15) is 5.26 Å². The Morgan fingerprint density at radius 3 is 2.73 bits per heavy atom. The van der Waals surface area contributed by atoms with Crippen LogP contribution >= 0.6 is 0 Å². The van der Waals surface area contributed by atoms with E-state index in [-0.39, 0.29) is 17.0 Å². The fraction of sp³-hybridized carbons (Fsp3) is 0.273. The smallest absolute Gasteiger partial charge is 0.161 e. The van der Waals surface area contributed by atoms with Crippen LogP contribution in [0.4, 0.5) is 5.69 Å². The Morgan fingerprint density at radius 2 is 2.27 bits per heavy atom. The summed E-state index contributed by atoms with van der Waals surface area (Å²) in [6, 6.07) is 5.01. The molecule has 0 fully saturated rings. The van der Waals surface area contributed by atoms with E-state index in [4.69, 9.17) is 15.7 Å². The highest BCUT2D eigenvalue weighted by Gasteiger charge is 2.12. The molecule has 0 aliphatic carbocycles. The van der Waals surface area contributed by atoms with Gasteiger partial charge in [-0.1, -0.05) is 0 Å². The van der Waals surface area contributed by atoms with Gasteiger partial charge in [-0.15, -0.1) is 0 Å². The number of nitriles is 1. The van der Waals surface area contributed by atoms with Crippen molar-refractivity contribution in [2.45, 2.75) is 13.8 Å². The summed E-state index contributed by atoms with van der Waals surface area (Å²) >= 11 is 0. The second-order valence-corrected chi connectivity index (χ2v) is 3.04. The zero-order chi connectivity index (χ0) is 11.4. The molecule has 0 saturated heterocycles.